The molecule has 0 atom stereocenters. The molecule has 11 aromatic rings. The second-order valence-corrected chi connectivity index (χ2v) is 17.5. The van der Waals surface area contributed by atoms with Gasteiger partial charge in [0.15, 0.2) is 0 Å². The zero-order valence-electron chi connectivity index (χ0n) is 33.2. The van der Waals surface area contributed by atoms with Crippen LogP contribution in [0.2, 0.25) is 0 Å². The molecule has 13 rings (SSSR count). The Hall–Kier alpha value is -7.52. The molecule has 0 bridgehead atoms. The topological polar surface area (TPSA) is 3.24 Å². The van der Waals surface area contributed by atoms with Gasteiger partial charge in [0.1, 0.15) is 0 Å². The average molecular weight is 792 g/mol. The fourth-order valence-electron chi connectivity index (χ4n) is 10.7. The third kappa shape index (κ3) is 5.00. The minimum atomic E-state index is -0.439. The maximum Gasteiger partial charge on any atom is 0.0726 e. The van der Waals surface area contributed by atoms with Crippen LogP contribution in [0.5, 0.6) is 0 Å². The number of hydrogen-bond donors (Lipinski definition) is 0. The van der Waals surface area contributed by atoms with E-state index in [1.165, 1.54) is 97.7 Å². The normalized spacial score (nSPS) is 13.0. The SMILES string of the molecule is c1cc(-c2ccc3ccccc3c2)cc(N(c2cccc(-c3cccc4sc5ccccc5c34)c2)c2ccc3c(c2)C2(c4ccccc4-c4ccccc42)c2ccccc2-3)c1. The Labute approximate surface area is 359 Å². The molecule has 0 amide bonds. The van der Waals surface area contributed by atoms with Crippen molar-refractivity contribution in [1.82, 2.24) is 0 Å². The number of nitrogens with zero attached hydrogens (tertiary/aromatic N) is 1. The van der Waals surface area contributed by atoms with Gasteiger partial charge in [-0.15, -0.1) is 11.3 Å². The molecule has 61 heavy (non-hydrogen) atoms. The van der Waals surface area contributed by atoms with Gasteiger partial charge in [0.05, 0.1) is 5.41 Å². The third-order valence-electron chi connectivity index (χ3n) is 13.2. The standard InChI is InChI=1S/C59H37NS/c1-2-15-39-34-41(31-30-38(39)14-1)40-16-11-18-43(35-40)60(44-19-12-17-42(36-44)46-24-13-29-57-58(46)51-23-6-10-28-56(51)61-57)45-32-33-50-49-22-5-9-27-54(49)59(55(50)37-45)52-25-7-3-20-47(52)48-21-4-8-26-53(48)59/h1-37H. The van der Waals surface area contributed by atoms with Gasteiger partial charge in [-0.3, -0.25) is 0 Å². The van der Waals surface area contributed by atoms with E-state index in [1.54, 1.807) is 0 Å². The lowest BCUT2D eigenvalue weighted by Crippen LogP contribution is -2.26. The summed E-state index contributed by atoms with van der Waals surface area (Å²) >= 11 is 1.87. The molecule has 0 aliphatic heterocycles. The summed E-state index contributed by atoms with van der Waals surface area (Å²) < 4.78 is 2.63. The van der Waals surface area contributed by atoms with Crippen LogP contribution >= 0.6 is 11.3 Å². The van der Waals surface area contributed by atoms with E-state index in [2.05, 4.69) is 229 Å². The van der Waals surface area contributed by atoms with E-state index in [9.17, 15) is 0 Å². The Bertz CT molecular complexity index is 3510. The van der Waals surface area contributed by atoms with Gasteiger partial charge < -0.3 is 4.90 Å². The van der Waals surface area contributed by atoms with Gasteiger partial charge in [-0.05, 0) is 132 Å². The number of anilines is 3. The second kappa shape index (κ2) is 13.2. The van der Waals surface area contributed by atoms with Gasteiger partial charge in [-0.25, -0.2) is 0 Å². The van der Waals surface area contributed by atoms with E-state index in [1.807, 2.05) is 11.3 Å². The first kappa shape index (κ1) is 34.4. The monoisotopic (exact) mass is 791 g/mol. The van der Waals surface area contributed by atoms with E-state index in [-0.39, 0.29) is 0 Å². The van der Waals surface area contributed by atoms with E-state index in [0.717, 1.165) is 17.1 Å². The van der Waals surface area contributed by atoms with Crippen LogP contribution in [0.1, 0.15) is 22.3 Å². The number of hydrogen-bond acceptors (Lipinski definition) is 2. The number of thiophene rings is 1. The summed E-state index contributed by atoms with van der Waals surface area (Å²) in [5, 5.41) is 5.12. The van der Waals surface area contributed by atoms with Gasteiger partial charge >= 0.3 is 0 Å². The van der Waals surface area contributed by atoms with Crippen molar-refractivity contribution in [3.05, 3.63) is 247 Å². The van der Waals surface area contributed by atoms with Crippen LogP contribution < -0.4 is 4.90 Å². The van der Waals surface area contributed by atoms with Crippen molar-refractivity contribution >= 4 is 59.3 Å². The van der Waals surface area contributed by atoms with Gasteiger partial charge in [0.2, 0.25) is 0 Å². The molecule has 2 aliphatic rings. The quantitative estimate of drug-likeness (QED) is 0.168. The van der Waals surface area contributed by atoms with E-state index in [0.29, 0.717) is 0 Å². The van der Waals surface area contributed by atoms with Gasteiger partial charge in [0.25, 0.3) is 0 Å². The molecule has 0 fully saturated rings. The maximum atomic E-state index is 2.50. The Kier molecular flexibility index (Phi) is 7.46. The summed E-state index contributed by atoms with van der Waals surface area (Å²) in [5.41, 5.74) is 18.3. The molecule has 2 heteroatoms. The summed E-state index contributed by atoms with van der Waals surface area (Å²) in [6.07, 6.45) is 0. The Balaban J connectivity index is 1.05. The first-order valence-corrected chi connectivity index (χ1v) is 21.9. The van der Waals surface area contributed by atoms with Crippen molar-refractivity contribution < 1.29 is 0 Å². The Morgan fingerprint density at radius 1 is 0.311 bits per heavy atom. The molecular weight excluding hydrogens is 755 g/mol. The molecule has 0 saturated carbocycles. The predicted molar refractivity (Wildman–Crippen MR) is 259 cm³/mol. The van der Waals surface area contributed by atoms with Crippen molar-refractivity contribution in [2.75, 3.05) is 4.90 Å². The molecule has 10 aromatic carbocycles. The maximum absolute atomic E-state index is 2.50. The highest BCUT2D eigenvalue weighted by molar-refractivity contribution is 7.25. The molecule has 0 saturated heterocycles. The van der Waals surface area contributed by atoms with E-state index >= 15 is 0 Å². The highest BCUT2D eigenvalue weighted by Gasteiger charge is 2.51. The minimum absolute atomic E-state index is 0.439. The molecule has 1 spiro atoms. The lowest BCUT2D eigenvalue weighted by Gasteiger charge is -2.32. The molecule has 284 valence electrons. The molecule has 1 heterocycles. The van der Waals surface area contributed by atoms with Crippen LogP contribution in [-0.4, -0.2) is 0 Å². The molecular formula is C59H37NS. The van der Waals surface area contributed by atoms with Crippen molar-refractivity contribution in [1.29, 1.82) is 0 Å². The third-order valence-corrected chi connectivity index (χ3v) is 14.4. The van der Waals surface area contributed by atoms with E-state index in [4.69, 9.17) is 0 Å². The summed E-state index contributed by atoms with van der Waals surface area (Å²) in [4.78, 5) is 2.48. The van der Waals surface area contributed by atoms with Crippen LogP contribution in [0.3, 0.4) is 0 Å². The van der Waals surface area contributed by atoms with Crippen molar-refractivity contribution in [3.8, 4) is 44.5 Å². The number of fused-ring (bicyclic) bond motifs is 14. The second-order valence-electron chi connectivity index (χ2n) is 16.4. The molecule has 2 aliphatic carbocycles. The highest BCUT2D eigenvalue weighted by Crippen LogP contribution is 2.63. The number of rotatable bonds is 5. The molecule has 0 unspecified atom stereocenters. The van der Waals surface area contributed by atoms with Gasteiger partial charge in [0, 0.05) is 37.2 Å². The largest absolute Gasteiger partial charge is 0.310 e. The number of benzene rings is 10. The average Bonchev–Trinajstić information content (AvgIpc) is 3.96. The predicted octanol–water partition coefficient (Wildman–Crippen LogP) is 16.4. The summed E-state index contributed by atoms with van der Waals surface area (Å²) in [5.74, 6) is 0. The van der Waals surface area contributed by atoms with Gasteiger partial charge in [-0.1, -0.05) is 170 Å². The summed E-state index contributed by atoms with van der Waals surface area (Å²) in [6.45, 7) is 0. The molecule has 1 aromatic heterocycles. The van der Waals surface area contributed by atoms with Crippen molar-refractivity contribution in [2.45, 2.75) is 5.41 Å². The smallest absolute Gasteiger partial charge is 0.0726 e. The van der Waals surface area contributed by atoms with Crippen LogP contribution in [-0.2, 0) is 5.41 Å². The van der Waals surface area contributed by atoms with Gasteiger partial charge in [-0.2, -0.15) is 0 Å². The van der Waals surface area contributed by atoms with Crippen LogP contribution in [0.15, 0.2) is 224 Å². The van der Waals surface area contributed by atoms with Crippen molar-refractivity contribution in [2.24, 2.45) is 0 Å². The molecule has 1 nitrogen and oxygen atoms in total. The fourth-order valence-corrected chi connectivity index (χ4v) is 11.8. The minimum Gasteiger partial charge on any atom is -0.310 e. The van der Waals surface area contributed by atoms with E-state index < -0.39 is 5.41 Å². The zero-order chi connectivity index (χ0) is 40.1. The lowest BCUT2D eigenvalue weighted by atomic mass is 9.70. The first-order chi connectivity index (χ1) is 30.2. The molecule has 0 radical (unpaired) electrons. The van der Waals surface area contributed by atoms with Crippen molar-refractivity contribution in [3.63, 3.8) is 0 Å². The summed E-state index contributed by atoms with van der Waals surface area (Å²) in [7, 11) is 0. The van der Waals surface area contributed by atoms with Crippen LogP contribution in [0, 0.1) is 0 Å². The first-order valence-electron chi connectivity index (χ1n) is 21.1. The lowest BCUT2D eigenvalue weighted by molar-refractivity contribution is 0.793. The molecule has 0 N–H and O–H groups in total. The fraction of sp³-hybridized carbons (Fsp3) is 0.0169. The zero-order valence-corrected chi connectivity index (χ0v) is 34.0. The highest BCUT2D eigenvalue weighted by atomic mass is 32.1. The Morgan fingerprint density at radius 3 is 1.57 bits per heavy atom. The van der Waals surface area contributed by atoms with Crippen LogP contribution in [0.4, 0.5) is 17.1 Å². The summed E-state index contributed by atoms with van der Waals surface area (Å²) in [6, 6.07) is 83.7. The Morgan fingerprint density at radius 2 is 0.836 bits per heavy atom. The van der Waals surface area contributed by atoms with Crippen LogP contribution in [0.25, 0.3) is 75.5 Å².